The van der Waals surface area contributed by atoms with Gasteiger partial charge in [0.1, 0.15) is 11.5 Å². The molecule has 0 aromatic heterocycles. The lowest BCUT2D eigenvalue weighted by Gasteiger charge is -2.05. The molecule has 0 aliphatic heterocycles. The standard InChI is InChI=1S/C14H18O3/c1-3-14(16)12-6-8-13(9-7-12)17-10-4-5-11(2)15/h6-9H,3-5,10H2,1-2H3. The average molecular weight is 234 g/mol. The molecule has 0 saturated carbocycles. The van der Waals surface area contributed by atoms with Crippen LogP contribution in [0, 0.1) is 0 Å². The minimum Gasteiger partial charge on any atom is -0.494 e. The Hall–Kier alpha value is -1.64. The summed E-state index contributed by atoms with van der Waals surface area (Å²) >= 11 is 0. The van der Waals surface area contributed by atoms with Gasteiger partial charge in [0.15, 0.2) is 5.78 Å². The fourth-order valence-corrected chi connectivity index (χ4v) is 1.45. The van der Waals surface area contributed by atoms with E-state index in [0.717, 1.165) is 12.2 Å². The predicted octanol–water partition coefficient (Wildman–Crippen LogP) is 3.03. The summed E-state index contributed by atoms with van der Waals surface area (Å²) in [6.45, 7) is 3.94. The molecule has 0 amide bonds. The number of ether oxygens (including phenoxy) is 1. The molecule has 0 aliphatic rings. The Morgan fingerprint density at radius 2 is 1.82 bits per heavy atom. The molecule has 1 aromatic carbocycles. The van der Waals surface area contributed by atoms with Gasteiger partial charge in [-0.15, -0.1) is 0 Å². The second kappa shape index (κ2) is 6.84. The summed E-state index contributed by atoms with van der Waals surface area (Å²) in [7, 11) is 0. The van der Waals surface area contributed by atoms with Gasteiger partial charge in [0.2, 0.25) is 0 Å². The summed E-state index contributed by atoms with van der Waals surface area (Å²) in [5.41, 5.74) is 0.712. The number of ketones is 2. The van der Waals surface area contributed by atoms with Crippen molar-refractivity contribution in [2.75, 3.05) is 6.61 Å². The highest BCUT2D eigenvalue weighted by atomic mass is 16.5. The molecule has 0 unspecified atom stereocenters. The van der Waals surface area contributed by atoms with Crippen LogP contribution in [0.15, 0.2) is 24.3 Å². The number of rotatable bonds is 7. The maximum Gasteiger partial charge on any atom is 0.162 e. The summed E-state index contributed by atoms with van der Waals surface area (Å²) in [4.78, 5) is 22.1. The highest BCUT2D eigenvalue weighted by Gasteiger charge is 2.02. The van der Waals surface area contributed by atoms with E-state index in [2.05, 4.69) is 0 Å². The third kappa shape index (κ3) is 4.81. The first kappa shape index (κ1) is 13.4. The second-order valence-corrected chi connectivity index (χ2v) is 3.96. The molecule has 0 spiro atoms. The van der Waals surface area contributed by atoms with E-state index in [4.69, 9.17) is 4.74 Å². The van der Waals surface area contributed by atoms with Gasteiger partial charge in [-0.25, -0.2) is 0 Å². The number of Topliss-reactive ketones (excluding diaryl/α,β-unsaturated/α-hetero) is 2. The minimum atomic E-state index is 0.133. The molecular weight excluding hydrogens is 216 g/mol. The first-order valence-corrected chi connectivity index (χ1v) is 5.89. The van der Waals surface area contributed by atoms with E-state index in [1.54, 1.807) is 31.2 Å². The molecule has 0 N–H and O–H groups in total. The molecule has 92 valence electrons. The zero-order valence-electron chi connectivity index (χ0n) is 10.4. The van der Waals surface area contributed by atoms with Gasteiger partial charge < -0.3 is 9.53 Å². The zero-order chi connectivity index (χ0) is 12.7. The van der Waals surface area contributed by atoms with Crippen LogP contribution in [0.5, 0.6) is 5.75 Å². The highest BCUT2D eigenvalue weighted by molar-refractivity contribution is 5.95. The maximum atomic E-state index is 11.4. The van der Waals surface area contributed by atoms with Crippen molar-refractivity contribution in [1.29, 1.82) is 0 Å². The van der Waals surface area contributed by atoms with E-state index in [0.29, 0.717) is 25.0 Å². The van der Waals surface area contributed by atoms with Crippen molar-refractivity contribution in [1.82, 2.24) is 0 Å². The Balaban J connectivity index is 2.40. The monoisotopic (exact) mass is 234 g/mol. The molecule has 0 aliphatic carbocycles. The van der Waals surface area contributed by atoms with Crippen molar-refractivity contribution in [3.8, 4) is 5.75 Å². The molecule has 0 radical (unpaired) electrons. The van der Waals surface area contributed by atoms with Crippen LogP contribution in [0.2, 0.25) is 0 Å². The van der Waals surface area contributed by atoms with Crippen LogP contribution in [-0.2, 0) is 4.79 Å². The van der Waals surface area contributed by atoms with Crippen molar-refractivity contribution in [3.63, 3.8) is 0 Å². The van der Waals surface area contributed by atoms with Gasteiger partial charge in [-0.3, -0.25) is 4.79 Å². The molecule has 17 heavy (non-hydrogen) atoms. The Labute approximate surface area is 102 Å². The first-order valence-electron chi connectivity index (χ1n) is 5.89. The van der Waals surface area contributed by atoms with Crippen LogP contribution in [0.25, 0.3) is 0 Å². The lowest BCUT2D eigenvalue weighted by molar-refractivity contribution is -0.117. The molecule has 1 rings (SSSR count). The van der Waals surface area contributed by atoms with Crippen LogP contribution < -0.4 is 4.74 Å². The Bertz CT molecular complexity index is 379. The van der Waals surface area contributed by atoms with E-state index in [9.17, 15) is 9.59 Å². The molecule has 3 heteroatoms. The predicted molar refractivity (Wildman–Crippen MR) is 66.5 cm³/mol. The maximum absolute atomic E-state index is 11.4. The molecule has 0 saturated heterocycles. The number of hydrogen-bond acceptors (Lipinski definition) is 3. The van der Waals surface area contributed by atoms with Crippen LogP contribution in [-0.4, -0.2) is 18.2 Å². The third-order valence-electron chi connectivity index (χ3n) is 2.44. The molecule has 1 aromatic rings. The average Bonchev–Trinajstić information content (AvgIpc) is 2.34. The largest absolute Gasteiger partial charge is 0.494 e. The van der Waals surface area contributed by atoms with E-state index in [1.807, 2.05) is 6.92 Å². The summed E-state index contributed by atoms with van der Waals surface area (Å²) in [5, 5.41) is 0. The molecule has 3 nitrogen and oxygen atoms in total. The van der Waals surface area contributed by atoms with Gasteiger partial charge in [-0.1, -0.05) is 6.92 Å². The minimum absolute atomic E-state index is 0.133. The molecule has 0 fully saturated rings. The number of hydrogen-bond donors (Lipinski definition) is 0. The van der Waals surface area contributed by atoms with Crippen molar-refractivity contribution in [2.45, 2.75) is 33.1 Å². The third-order valence-corrected chi connectivity index (χ3v) is 2.44. The first-order chi connectivity index (χ1) is 8.13. The van der Waals surface area contributed by atoms with Crippen LogP contribution in [0.3, 0.4) is 0 Å². The summed E-state index contributed by atoms with van der Waals surface area (Å²) < 4.78 is 5.46. The Morgan fingerprint density at radius 3 is 2.35 bits per heavy atom. The van der Waals surface area contributed by atoms with Crippen molar-refractivity contribution >= 4 is 11.6 Å². The van der Waals surface area contributed by atoms with Crippen LogP contribution in [0.4, 0.5) is 0 Å². The van der Waals surface area contributed by atoms with Crippen molar-refractivity contribution < 1.29 is 14.3 Å². The number of carbonyl (C=O) groups excluding carboxylic acids is 2. The lowest BCUT2D eigenvalue weighted by Crippen LogP contribution is -2.01. The molecule has 0 atom stereocenters. The molecular formula is C14H18O3. The fourth-order valence-electron chi connectivity index (χ4n) is 1.45. The number of carbonyl (C=O) groups is 2. The van der Waals surface area contributed by atoms with Gasteiger partial charge in [0.25, 0.3) is 0 Å². The van der Waals surface area contributed by atoms with Crippen molar-refractivity contribution in [2.24, 2.45) is 0 Å². The van der Waals surface area contributed by atoms with Gasteiger partial charge in [0.05, 0.1) is 6.61 Å². The molecule has 0 heterocycles. The van der Waals surface area contributed by atoms with E-state index >= 15 is 0 Å². The quantitative estimate of drug-likeness (QED) is 0.538. The van der Waals surface area contributed by atoms with E-state index < -0.39 is 0 Å². The Kier molecular flexibility index (Phi) is 5.40. The van der Waals surface area contributed by atoms with Gasteiger partial charge in [-0.05, 0) is 37.6 Å². The van der Waals surface area contributed by atoms with Crippen LogP contribution >= 0.6 is 0 Å². The van der Waals surface area contributed by atoms with Crippen LogP contribution in [0.1, 0.15) is 43.5 Å². The zero-order valence-corrected chi connectivity index (χ0v) is 10.4. The Morgan fingerprint density at radius 1 is 1.18 bits per heavy atom. The lowest BCUT2D eigenvalue weighted by atomic mass is 10.1. The van der Waals surface area contributed by atoms with E-state index in [-0.39, 0.29) is 11.6 Å². The second-order valence-electron chi connectivity index (χ2n) is 3.96. The summed E-state index contributed by atoms with van der Waals surface area (Å²) in [6.07, 6.45) is 1.79. The topological polar surface area (TPSA) is 43.4 Å². The van der Waals surface area contributed by atoms with Gasteiger partial charge in [-0.2, -0.15) is 0 Å². The SMILES string of the molecule is CCC(=O)c1ccc(OCCCC(C)=O)cc1. The summed E-state index contributed by atoms with van der Waals surface area (Å²) in [5.74, 6) is 1.05. The van der Waals surface area contributed by atoms with Gasteiger partial charge in [0, 0.05) is 18.4 Å². The van der Waals surface area contributed by atoms with Gasteiger partial charge >= 0.3 is 0 Å². The number of benzene rings is 1. The smallest absolute Gasteiger partial charge is 0.162 e. The highest BCUT2D eigenvalue weighted by Crippen LogP contribution is 2.13. The molecule has 0 bridgehead atoms. The normalized spacial score (nSPS) is 10.0. The fraction of sp³-hybridized carbons (Fsp3) is 0.429. The van der Waals surface area contributed by atoms with Crippen molar-refractivity contribution in [3.05, 3.63) is 29.8 Å². The van der Waals surface area contributed by atoms with E-state index in [1.165, 1.54) is 0 Å². The summed E-state index contributed by atoms with van der Waals surface area (Å²) in [6, 6.07) is 7.12.